The van der Waals surface area contributed by atoms with Gasteiger partial charge in [-0.25, -0.2) is 0 Å². The zero-order valence-electron chi connectivity index (χ0n) is 14.0. The molecule has 24 heavy (non-hydrogen) atoms. The molecule has 1 aliphatic carbocycles. The third kappa shape index (κ3) is 4.81. The minimum absolute atomic E-state index is 0.0674. The van der Waals surface area contributed by atoms with E-state index in [0.29, 0.717) is 36.9 Å². The zero-order chi connectivity index (χ0) is 17.7. The first-order valence-corrected chi connectivity index (χ1v) is 8.31. The Hall–Kier alpha value is -2.37. The lowest BCUT2D eigenvalue weighted by Crippen LogP contribution is -2.30. The van der Waals surface area contributed by atoms with E-state index in [-0.39, 0.29) is 29.7 Å². The van der Waals surface area contributed by atoms with E-state index in [4.69, 9.17) is 5.11 Å². The highest BCUT2D eigenvalue weighted by Gasteiger charge is 2.29. The zero-order valence-corrected chi connectivity index (χ0v) is 14.0. The topological polar surface area (TPSA) is 95.5 Å². The van der Waals surface area contributed by atoms with Gasteiger partial charge in [0.25, 0.3) is 5.91 Å². The molecule has 0 saturated heterocycles. The van der Waals surface area contributed by atoms with Crippen molar-refractivity contribution in [2.24, 2.45) is 11.8 Å². The Morgan fingerprint density at radius 2 is 1.54 bits per heavy atom. The number of carboxylic acid groups (broad SMARTS) is 1. The van der Waals surface area contributed by atoms with Crippen LogP contribution in [0.1, 0.15) is 49.9 Å². The maximum Gasteiger partial charge on any atom is 0.306 e. The molecule has 0 aliphatic heterocycles. The molecule has 0 unspecified atom stereocenters. The normalized spacial score (nSPS) is 20.5. The van der Waals surface area contributed by atoms with Crippen LogP contribution in [0.2, 0.25) is 0 Å². The van der Waals surface area contributed by atoms with E-state index in [9.17, 15) is 14.4 Å². The van der Waals surface area contributed by atoms with Gasteiger partial charge in [0.2, 0.25) is 5.91 Å². The highest BCUT2D eigenvalue weighted by Crippen LogP contribution is 2.29. The molecule has 3 N–H and O–H groups in total. The summed E-state index contributed by atoms with van der Waals surface area (Å²) in [6.45, 7) is 3.79. The fraction of sp³-hybridized carbons (Fsp3) is 0.500. The van der Waals surface area contributed by atoms with Gasteiger partial charge < -0.3 is 15.7 Å². The minimum atomic E-state index is -0.774. The predicted octanol–water partition coefficient (Wildman–Crippen LogP) is 2.65. The van der Waals surface area contributed by atoms with Gasteiger partial charge in [-0.3, -0.25) is 14.4 Å². The van der Waals surface area contributed by atoms with Crippen LogP contribution in [0.5, 0.6) is 0 Å². The van der Waals surface area contributed by atoms with Gasteiger partial charge in [0.15, 0.2) is 0 Å². The SMILES string of the molecule is CC(C)NC(=O)c1ccc(NC(=O)C2CCC(C(=O)O)CC2)cc1. The maximum atomic E-state index is 12.3. The number of carbonyl (C=O) groups excluding carboxylic acids is 2. The molecule has 0 atom stereocenters. The third-order valence-electron chi connectivity index (χ3n) is 4.28. The van der Waals surface area contributed by atoms with Crippen LogP contribution in [0, 0.1) is 11.8 Å². The summed E-state index contributed by atoms with van der Waals surface area (Å²) in [4.78, 5) is 35.1. The number of carbonyl (C=O) groups is 3. The molecule has 0 heterocycles. The Bertz CT molecular complexity index is 602. The second kappa shape index (κ2) is 7.95. The number of nitrogens with one attached hydrogen (secondary N) is 2. The van der Waals surface area contributed by atoms with Crippen LogP contribution >= 0.6 is 0 Å². The van der Waals surface area contributed by atoms with Crippen molar-refractivity contribution in [2.45, 2.75) is 45.6 Å². The third-order valence-corrected chi connectivity index (χ3v) is 4.28. The lowest BCUT2D eigenvalue weighted by Gasteiger charge is -2.25. The Labute approximate surface area is 141 Å². The van der Waals surface area contributed by atoms with Gasteiger partial charge in [0, 0.05) is 23.2 Å². The van der Waals surface area contributed by atoms with Crippen LogP contribution in [0.25, 0.3) is 0 Å². The molecule has 2 amide bonds. The van der Waals surface area contributed by atoms with E-state index in [0.717, 1.165) is 0 Å². The summed E-state index contributed by atoms with van der Waals surface area (Å²) in [6, 6.07) is 6.83. The lowest BCUT2D eigenvalue weighted by molar-refractivity contribution is -0.143. The summed E-state index contributed by atoms with van der Waals surface area (Å²) < 4.78 is 0. The Morgan fingerprint density at radius 3 is 2.04 bits per heavy atom. The molecule has 1 aliphatic rings. The van der Waals surface area contributed by atoms with Gasteiger partial charge in [0.05, 0.1) is 5.92 Å². The van der Waals surface area contributed by atoms with Crippen LogP contribution in [-0.2, 0) is 9.59 Å². The summed E-state index contributed by atoms with van der Waals surface area (Å²) in [6.07, 6.45) is 2.28. The quantitative estimate of drug-likeness (QED) is 0.772. The second-order valence-electron chi connectivity index (χ2n) is 6.58. The van der Waals surface area contributed by atoms with Gasteiger partial charge in [-0.1, -0.05) is 0 Å². The first kappa shape index (κ1) is 18.0. The van der Waals surface area contributed by atoms with Crippen molar-refractivity contribution in [3.63, 3.8) is 0 Å². The molecule has 1 aromatic rings. The molecule has 0 spiro atoms. The number of hydrogen-bond donors (Lipinski definition) is 3. The number of anilines is 1. The number of aliphatic carboxylic acids is 1. The molecule has 1 aromatic carbocycles. The van der Waals surface area contributed by atoms with Crippen molar-refractivity contribution in [3.8, 4) is 0 Å². The van der Waals surface area contributed by atoms with Crippen LogP contribution < -0.4 is 10.6 Å². The highest BCUT2D eigenvalue weighted by molar-refractivity contribution is 5.96. The predicted molar refractivity (Wildman–Crippen MR) is 90.8 cm³/mol. The molecular formula is C18H24N2O4. The summed E-state index contributed by atoms with van der Waals surface area (Å²) in [5.41, 5.74) is 1.19. The van der Waals surface area contributed by atoms with Gasteiger partial charge in [-0.2, -0.15) is 0 Å². The van der Waals surface area contributed by atoms with Crippen LogP contribution in [0.15, 0.2) is 24.3 Å². The van der Waals surface area contributed by atoms with E-state index in [1.165, 1.54) is 0 Å². The minimum Gasteiger partial charge on any atom is -0.481 e. The van der Waals surface area contributed by atoms with Gasteiger partial charge >= 0.3 is 5.97 Å². The molecule has 0 radical (unpaired) electrons. The molecule has 0 bridgehead atoms. The molecule has 0 aromatic heterocycles. The Balaban J connectivity index is 1.88. The first-order chi connectivity index (χ1) is 11.4. The summed E-state index contributed by atoms with van der Waals surface area (Å²) >= 11 is 0. The van der Waals surface area contributed by atoms with Gasteiger partial charge in [0.1, 0.15) is 0 Å². The van der Waals surface area contributed by atoms with Gasteiger partial charge in [-0.05, 0) is 63.8 Å². The summed E-state index contributed by atoms with van der Waals surface area (Å²) in [5.74, 6) is -1.48. The van der Waals surface area contributed by atoms with E-state index in [1.54, 1.807) is 24.3 Å². The van der Waals surface area contributed by atoms with Crippen LogP contribution in [-0.4, -0.2) is 28.9 Å². The Kier molecular flexibility index (Phi) is 5.95. The first-order valence-electron chi connectivity index (χ1n) is 8.31. The second-order valence-corrected chi connectivity index (χ2v) is 6.58. The maximum absolute atomic E-state index is 12.3. The van der Waals surface area contributed by atoms with E-state index in [2.05, 4.69) is 10.6 Å². The fourth-order valence-corrected chi connectivity index (χ4v) is 2.90. The standard InChI is InChI=1S/C18H24N2O4/c1-11(2)19-16(21)13-7-9-15(10-8-13)20-17(22)12-3-5-14(6-4-12)18(23)24/h7-12,14H,3-6H2,1-2H3,(H,19,21)(H,20,22)(H,23,24). The number of amides is 2. The largest absolute Gasteiger partial charge is 0.481 e. The number of rotatable bonds is 5. The van der Waals surface area contributed by atoms with Crippen molar-refractivity contribution in [2.75, 3.05) is 5.32 Å². The number of carboxylic acids is 1. The molecule has 1 saturated carbocycles. The highest BCUT2D eigenvalue weighted by atomic mass is 16.4. The lowest BCUT2D eigenvalue weighted by atomic mass is 9.81. The molecular weight excluding hydrogens is 308 g/mol. The van der Waals surface area contributed by atoms with Crippen molar-refractivity contribution < 1.29 is 19.5 Å². The smallest absolute Gasteiger partial charge is 0.306 e. The molecule has 130 valence electrons. The van der Waals surface area contributed by atoms with E-state index < -0.39 is 5.97 Å². The van der Waals surface area contributed by atoms with Crippen molar-refractivity contribution >= 4 is 23.5 Å². The number of benzene rings is 1. The van der Waals surface area contributed by atoms with Crippen LogP contribution in [0.3, 0.4) is 0 Å². The average Bonchev–Trinajstić information content (AvgIpc) is 2.55. The fourth-order valence-electron chi connectivity index (χ4n) is 2.90. The summed E-state index contributed by atoms with van der Waals surface area (Å²) in [7, 11) is 0. The van der Waals surface area contributed by atoms with Gasteiger partial charge in [-0.15, -0.1) is 0 Å². The van der Waals surface area contributed by atoms with Crippen molar-refractivity contribution in [1.82, 2.24) is 5.32 Å². The van der Waals surface area contributed by atoms with E-state index >= 15 is 0 Å². The van der Waals surface area contributed by atoms with Crippen molar-refractivity contribution in [3.05, 3.63) is 29.8 Å². The average molecular weight is 332 g/mol. The van der Waals surface area contributed by atoms with Crippen LogP contribution in [0.4, 0.5) is 5.69 Å². The molecule has 6 heteroatoms. The summed E-state index contributed by atoms with van der Waals surface area (Å²) in [5, 5.41) is 14.6. The van der Waals surface area contributed by atoms with E-state index in [1.807, 2.05) is 13.8 Å². The monoisotopic (exact) mass is 332 g/mol. The Morgan fingerprint density at radius 1 is 1.00 bits per heavy atom. The molecule has 6 nitrogen and oxygen atoms in total. The molecule has 1 fully saturated rings. The molecule has 2 rings (SSSR count). The van der Waals surface area contributed by atoms with Crippen molar-refractivity contribution in [1.29, 1.82) is 0 Å². The number of hydrogen-bond acceptors (Lipinski definition) is 3.